The molecule has 18 heavy (non-hydrogen) atoms. The summed E-state index contributed by atoms with van der Waals surface area (Å²) in [4.78, 5) is 11.6. The van der Waals surface area contributed by atoms with Gasteiger partial charge in [0.15, 0.2) is 0 Å². The molecule has 0 N–H and O–H groups in total. The van der Waals surface area contributed by atoms with Gasteiger partial charge in [-0.2, -0.15) is 0 Å². The molecule has 3 nitrogen and oxygen atoms in total. The van der Waals surface area contributed by atoms with Crippen LogP contribution in [0.5, 0.6) is 0 Å². The van der Waals surface area contributed by atoms with Gasteiger partial charge >= 0.3 is 5.97 Å². The van der Waals surface area contributed by atoms with Crippen molar-refractivity contribution in [2.75, 3.05) is 0 Å². The largest absolute Gasteiger partial charge is 0.349 e. The summed E-state index contributed by atoms with van der Waals surface area (Å²) < 4.78 is 4.41. The second-order valence-electron chi connectivity index (χ2n) is 4.49. The number of ether oxygens (including phenoxy) is 1. The molecular weight excluding hydrogens is 226 g/mol. The summed E-state index contributed by atoms with van der Waals surface area (Å²) in [5.41, 5.74) is 1.47. The lowest BCUT2D eigenvalue weighted by atomic mass is 10.0. The summed E-state index contributed by atoms with van der Waals surface area (Å²) >= 11 is 0. The molecular formula is C15H17NO2. The van der Waals surface area contributed by atoms with Crippen LogP contribution in [-0.2, 0) is 9.53 Å². The first-order valence-electron chi connectivity index (χ1n) is 5.99. The van der Waals surface area contributed by atoms with E-state index < -0.39 is 5.97 Å². The second-order valence-corrected chi connectivity index (χ2v) is 4.49. The van der Waals surface area contributed by atoms with Crippen molar-refractivity contribution in [3.8, 4) is 6.26 Å². The van der Waals surface area contributed by atoms with E-state index in [4.69, 9.17) is 5.26 Å². The first-order valence-corrected chi connectivity index (χ1v) is 5.99. The molecule has 0 aliphatic carbocycles. The number of nitrogens with zero attached hydrogens (tertiary/aromatic N) is 1. The van der Waals surface area contributed by atoms with Gasteiger partial charge in [-0.1, -0.05) is 44.2 Å². The number of esters is 1. The zero-order valence-electron chi connectivity index (χ0n) is 10.7. The maximum Gasteiger partial charge on any atom is 0.349 e. The van der Waals surface area contributed by atoms with E-state index in [9.17, 15) is 4.79 Å². The van der Waals surface area contributed by atoms with Crippen molar-refractivity contribution in [2.45, 2.75) is 26.7 Å². The second kappa shape index (κ2) is 7.29. The van der Waals surface area contributed by atoms with E-state index in [2.05, 4.69) is 18.6 Å². The van der Waals surface area contributed by atoms with Crippen LogP contribution in [0.1, 0.15) is 32.3 Å². The first-order chi connectivity index (χ1) is 8.63. The first kappa shape index (κ1) is 14.0. The predicted molar refractivity (Wildman–Crippen MR) is 70.2 cm³/mol. The fourth-order valence-electron chi connectivity index (χ4n) is 1.53. The van der Waals surface area contributed by atoms with Gasteiger partial charge in [0.2, 0.25) is 0 Å². The summed E-state index contributed by atoms with van der Waals surface area (Å²) in [6.07, 6.45) is 4.72. The predicted octanol–water partition coefficient (Wildman–Crippen LogP) is 3.53. The molecule has 0 amide bonds. The fraction of sp³-hybridized carbons (Fsp3) is 0.333. The van der Waals surface area contributed by atoms with E-state index in [0.717, 1.165) is 12.0 Å². The van der Waals surface area contributed by atoms with Crippen molar-refractivity contribution in [3.05, 3.63) is 41.5 Å². The summed E-state index contributed by atoms with van der Waals surface area (Å²) in [5.74, 6) is -0.0546. The lowest BCUT2D eigenvalue weighted by Crippen LogP contribution is -2.05. The smallest absolute Gasteiger partial charge is 0.347 e. The van der Waals surface area contributed by atoms with Gasteiger partial charge in [-0.3, -0.25) is 0 Å². The Morgan fingerprint density at radius 3 is 2.61 bits per heavy atom. The van der Waals surface area contributed by atoms with Gasteiger partial charge in [0.1, 0.15) is 0 Å². The minimum absolute atomic E-state index is 0.499. The molecule has 0 fully saturated rings. The van der Waals surface area contributed by atoms with Crippen LogP contribution in [0.25, 0.3) is 6.08 Å². The highest BCUT2D eigenvalue weighted by molar-refractivity contribution is 5.94. The van der Waals surface area contributed by atoms with Crippen LogP contribution >= 0.6 is 0 Å². The summed E-state index contributed by atoms with van der Waals surface area (Å²) in [7, 11) is 0. The van der Waals surface area contributed by atoms with Crippen LogP contribution in [0.4, 0.5) is 0 Å². The standard InChI is InChI=1S/C15H17NO2/c1-12(2)8-9-14(15(17)18-11-16)10-13-6-4-3-5-7-13/h3-7,10,12H,8-9H2,1-2H3. The molecule has 3 heteroatoms. The number of hydrogen-bond donors (Lipinski definition) is 0. The molecule has 94 valence electrons. The lowest BCUT2D eigenvalue weighted by molar-refractivity contribution is -0.132. The minimum atomic E-state index is -0.554. The maximum atomic E-state index is 11.6. The van der Waals surface area contributed by atoms with Crippen LogP contribution in [0, 0.1) is 17.4 Å². The van der Waals surface area contributed by atoms with Gasteiger partial charge in [-0.05, 0) is 30.4 Å². The molecule has 0 atom stereocenters. The van der Waals surface area contributed by atoms with Crippen molar-refractivity contribution >= 4 is 12.0 Å². The van der Waals surface area contributed by atoms with Crippen molar-refractivity contribution in [3.63, 3.8) is 0 Å². The molecule has 0 heterocycles. The van der Waals surface area contributed by atoms with Crippen molar-refractivity contribution < 1.29 is 9.53 Å². The van der Waals surface area contributed by atoms with E-state index in [1.54, 1.807) is 6.08 Å². The Labute approximate surface area is 108 Å². The van der Waals surface area contributed by atoms with Gasteiger partial charge < -0.3 is 4.74 Å². The van der Waals surface area contributed by atoms with Crippen LogP contribution in [0.2, 0.25) is 0 Å². The zero-order chi connectivity index (χ0) is 13.4. The average molecular weight is 243 g/mol. The third-order valence-electron chi connectivity index (χ3n) is 2.53. The Morgan fingerprint density at radius 1 is 1.39 bits per heavy atom. The summed E-state index contributed by atoms with van der Waals surface area (Å²) in [6.45, 7) is 4.19. The third-order valence-corrected chi connectivity index (χ3v) is 2.53. The van der Waals surface area contributed by atoms with Crippen LogP contribution < -0.4 is 0 Å². The van der Waals surface area contributed by atoms with E-state index in [1.165, 1.54) is 6.26 Å². The molecule has 0 aliphatic heterocycles. The number of rotatable bonds is 5. The number of carbonyl (C=O) groups is 1. The maximum absolute atomic E-state index is 11.6. The third kappa shape index (κ3) is 4.84. The molecule has 1 rings (SSSR count). The average Bonchev–Trinajstić information content (AvgIpc) is 2.35. The molecule has 0 bridgehead atoms. The molecule has 1 aromatic rings. The SMILES string of the molecule is CC(C)CCC(=Cc1ccccc1)C(=O)OC#N. The Kier molecular flexibility index (Phi) is 5.66. The van der Waals surface area contributed by atoms with E-state index in [0.29, 0.717) is 17.9 Å². The zero-order valence-corrected chi connectivity index (χ0v) is 10.7. The molecule has 0 aromatic heterocycles. The van der Waals surface area contributed by atoms with Crippen molar-refractivity contribution in [1.29, 1.82) is 5.26 Å². The fourth-order valence-corrected chi connectivity index (χ4v) is 1.53. The number of nitriles is 1. The Hall–Kier alpha value is -2.08. The van der Waals surface area contributed by atoms with Gasteiger partial charge in [-0.15, -0.1) is 5.26 Å². The normalized spacial score (nSPS) is 11.1. The number of carbonyl (C=O) groups excluding carboxylic acids is 1. The minimum Gasteiger partial charge on any atom is -0.347 e. The molecule has 1 aromatic carbocycles. The molecule has 0 radical (unpaired) electrons. The van der Waals surface area contributed by atoms with E-state index >= 15 is 0 Å². The van der Waals surface area contributed by atoms with Gasteiger partial charge in [0.05, 0.1) is 0 Å². The van der Waals surface area contributed by atoms with Crippen molar-refractivity contribution in [2.24, 2.45) is 5.92 Å². The summed E-state index contributed by atoms with van der Waals surface area (Å²) in [5, 5.41) is 8.41. The van der Waals surface area contributed by atoms with Crippen LogP contribution in [-0.4, -0.2) is 5.97 Å². The monoisotopic (exact) mass is 243 g/mol. The number of benzene rings is 1. The van der Waals surface area contributed by atoms with Gasteiger partial charge in [0.25, 0.3) is 6.26 Å². The van der Waals surface area contributed by atoms with Gasteiger partial charge in [0, 0.05) is 5.57 Å². The molecule has 0 unspecified atom stereocenters. The molecule has 0 saturated heterocycles. The molecule has 0 spiro atoms. The Morgan fingerprint density at radius 2 is 2.06 bits per heavy atom. The topological polar surface area (TPSA) is 50.1 Å². The van der Waals surface area contributed by atoms with Crippen LogP contribution in [0.3, 0.4) is 0 Å². The van der Waals surface area contributed by atoms with E-state index in [1.807, 2.05) is 30.3 Å². The highest BCUT2D eigenvalue weighted by Gasteiger charge is 2.12. The Balaban J connectivity index is 2.86. The van der Waals surface area contributed by atoms with Crippen LogP contribution in [0.15, 0.2) is 35.9 Å². The highest BCUT2D eigenvalue weighted by atomic mass is 16.5. The lowest BCUT2D eigenvalue weighted by Gasteiger charge is -2.06. The number of hydrogen-bond acceptors (Lipinski definition) is 3. The molecule has 0 saturated carbocycles. The highest BCUT2D eigenvalue weighted by Crippen LogP contribution is 2.16. The van der Waals surface area contributed by atoms with E-state index in [-0.39, 0.29) is 0 Å². The Bertz CT molecular complexity index is 455. The van der Waals surface area contributed by atoms with Gasteiger partial charge in [-0.25, -0.2) is 4.79 Å². The summed E-state index contributed by atoms with van der Waals surface area (Å²) in [6, 6.07) is 9.55. The quantitative estimate of drug-likeness (QED) is 0.451. The van der Waals surface area contributed by atoms with Crippen molar-refractivity contribution in [1.82, 2.24) is 0 Å². The molecule has 0 aliphatic rings.